The van der Waals surface area contributed by atoms with E-state index in [1.165, 1.54) is 126 Å². The number of aryl methyl sites for hydroxylation is 1. The molecule has 0 atom stereocenters. The zero-order chi connectivity index (χ0) is 46.1. The van der Waals surface area contributed by atoms with E-state index in [1.54, 1.807) is 0 Å². The lowest BCUT2D eigenvalue weighted by molar-refractivity contribution is 0.590. The molecule has 0 unspecified atom stereocenters. The highest BCUT2D eigenvalue weighted by molar-refractivity contribution is 7.33. The highest BCUT2D eigenvalue weighted by atomic mass is 32.1. The van der Waals surface area contributed by atoms with Gasteiger partial charge in [-0.25, -0.2) is 0 Å². The van der Waals surface area contributed by atoms with Gasteiger partial charge < -0.3 is 9.80 Å². The Kier molecular flexibility index (Phi) is 9.48. The van der Waals surface area contributed by atoms with Crippen molar-refractivity contribution in [3.63, 3.8) is 0 Å². The normalized spacial score (nSPS) is 13.6. The molecule has 0 saturated heterocycles. The molecule has 0 radical (unpaired) electrons. The zero-order valence-electron chi connectivity index (χ0n) is 40.3. The van der Waals surface area contributed by atoms with Gasteiger partial charge in [0.2, 0.25) is 0 Å². The minimum Gasteiger partial charge on any atom is -0.311 e. The van der Waals surface area contributed by atoms with Gasteiger partial charge in [0.05, 0.1) is 11.4 Å². The van der Waals surface area contributed by atoms with E-state index in [1.807, 2.05) is 11.3 Å². The number of anilines is 6. The molecule has 0 amide bonds. The Balaban J connectivity index is 1.15. The molecule has 0 saturated carbocycles. The highest BCUT2D eigenvalue weighted by Crippen LogP contribution is 2.51. The molecule has 0 bridgehead atoms. The van der Waals surface area contributed by atoms with Crippen LogP contribution in [0.4, 0.5) is 34.1 Å². The van der Waals surface area contributed by atoms with Gasteiger partial charge in [-0.05, 0) is 155 Å². The van der Waals surface area contributed by atoms with E-state index in [0.717, 1.165) is 6.42 Å². The molecule has 4 heteroatoms. The Bertz CT molecular complexity index is 3600. The number of nitrogens with zero attached hydrogens (tertiary/aromatic N) is 2. The summed E-state index contributed by atoms with van der Waals surface area (Å²) in [6.07, 6.45) is 0.975. The first kappa shape index (κ1) is 41.8. The SMILES string of the molecule is CCc1ccc2c(c1)B1c3sc4ccc(C(C)(C)C)cc4c3N(c3ccc(C(C)C)cc3)c3cccc(c31)N2c1ccc(C(C)(C)C)cc1-c1ccc2c3ccccc3c3ccccc3c2c1. The average Bonchev–Trinajstić information content (AvgIpc) is 3.71. The monoisotopic (exact) mass is 884 g/mol. The van der Waals surface area contributed by atoms with Crippen molar-refractivity contribution >= 4 is 110 Å². The van der Waals surface area contributed by atoms with Crippen molar-refractivity contribution in [2.45, 2.75) is 85.5 Å². The van der Waals surface area contributed by atoms with Gasteiger partial charge >= 0.3 is 0 Å². The minimum atomic E-state index is -0.0457. The molecule has 2 aliphatic rings. The van der Waals surface area contributed by atoms with Gasteiger partial charge in [0.1, 0.15) is 0 Å². The summed E-state index contributed by atoms with van der Waals surface area (Å²) in [7, 11) is 0. The van der Waals surface area contributed by atoms with Gasteiger partial charge in [-0.1, -0.05) is 165 Å². The Morgan fingerprint density at radius 1 is 0.507 bits per heavy atom. The second-order valence-electron chi connectivity index (χ2n) is 21.4. The first-order valence-electron chi connectivity index (χ1n) is 24.3. The third-order valence-electron chi connectivity index (χ3n) is 14.9. The van der Waals surface area contributed by atoms with Gasteiger partial charge in [0.25, 0.3) is 6.71 Å². The molecule has 0 fully saturated rings. The number of rotatable bonds is 5. The van der Waals surface area contributed by atoms with Crippen LogP contribution in [0, 0.1) is 0 Å². The molecular weight excluding hydrogens is 828 g/mol. The maximum Gasteiger partial charge on any atom is 0.264 e. The predicted octanol–water partition coefficient (Wildman–Crippen LogP) is 16.4. The summed E-state index contributed by atoms with van der Waals surface area (Å²) in [5, 5.41) is 9.09. The first-order chi connectivity index (χ1) is 32.3. The minimum absolute atomic E-state index is 0.0205. The van der Waals surface area contributed by atoms with E-state index in [0.29, 0.717) is 5.92 Å². The van der Waals surface area contributed by atoms with Crippen LogP contribution in [0.3, 0.4) is 0 Å². The number of hydrogen-bond acceptors (Lipinski definition) is 3. The lowest BCUT2D eigenvalue weighted by Gasteiger charge is -2.43. The van der Waals surface area contributed by atoms with Gasteiger partial charge in [0, 0.05) is 43.2 Å². The first-order valence-corrected chi connectivity index (χ1v) is 25.1. The Morgan fingerprint density at radius 2 is 1.10 bits per heavy atom. The third-order valence-corrected chi connectivity index (χ3v) is 16.1. The van der Waals surface area contributed by atoms with Crippen LogP contribution in [0.25, 0.3) is 53.5 Å². The summed E-state index contributed by atoms with van der Waals surface area (Å²) >= 11 is 1.99. The van der Waals surface area contributed by atoms with Crippen LogP contribution in [0.2, 0.25) is 0 Å². The second-order valence-corrected chi connectivity index (χ2v) is 22.5. The molecule has 2 aliphatic heterocycles. The Hall–Kier alpha value is -6.62. The molecule has 12 rings (SSSR count). The largest absolute Gasteiger partial charge is 0.311 e. The van der Waals surface area contributed by atoms with Crippen molar-refractivity contribution in [2.75, 3.05) is 9.80 Å². The third kappa shape index (κ3) is 6.51. The van der Waals surface area contributed by atoms with Crippen LogP contribution in [-0.2, 0) is 17.3 Å². The molecule has 1 aromatic heterocycles. The van der Waals surface area contributed by atoms with Gasteiger partial charge in [-0.3, -0.25) is 0 Å². The fourth-order valence-electron chi connectivity index (χ4n) is 11.2. The Labute approximate surface area is 400 Å². The fraction of sp³-hybridized carbons (Fsp3) is 0.206. The van der Waals surface area contributed by atoms with Crippen molar-refractivity contribution in [1.29, 1.82) is 0 Å². The molecule has 0 N–H and O–H groups in total. The topological polar surface area (TPSA) is 6.48 Å². The Morgan fingerprint density at radius 3 is 1.75 bits per heavy atom. The summed E-state index contributed by atoms with van der Waals surface area (Å²) in [4.78, 5) is 5.22. The number of fused-ring (bicyclic) bond motifs is 12. The quantitative estimate of drug-likeness (QED) is 0.126. The van der Waals surface area contributed by atoms with Crippen LogP contribution in [0.1, 0.15) is 90.5 Å². The molecular formula is C63H57BN2S. The van der Waals surface area contributed by atoms with Crippen molar-refractivity contribution < 1.29 is 0 Å². The zero-order valence-corrected chi connectivity index (χ0v) is 41.1. The summed E-state index contributed by atoms with van der Waals surface area (Å²) in [5.41, 5.74) is 18.0. The van der Waals surface area contributed by atoms with Crippen LogP contribution in [0.5, 0.6) is 0 Å². The molecule has 3 heterocycles. The maximum atomic E-state index is 2.62. The van der Waals surface area contributed by atoms with E-state index in [-0.39, 0.29) is 17.5 Å². The molecule has 328 valence electrons. The summed E-state index contributed by atoms with van der Waals surface area (Å²) in [6.45, 7) is 20.9. The van der Waals surface area contributed by atoms with E-state index in [4.69, 9.17) is 0 Å². The van der Waals surface area contributed by atoms with Gasteiger partial charge in [-0.2, -0.15) is 0 Å². The average molecular weight is 885 g/mol. The van der Waals surface area contributed by atoms with Crippen molar-refractivity contribution in [2.24, 2.45) is 0 Å². The van der Waals surface area contributed by atoms with E-state index >= 15 is 0 Å². The van der Waals surface area contributed by atoms with E-state index < -0.39 is 0 Å². The smallest absolute Gasteiger partial charge is 0.264 e. The molecule has 2 nitrogen and oxygen atoms in total. The highest BCUT2D eigenvalue weighted by Gasteiger charge is 2.45. The summed E-state index contributed by atoms with van der Waals surface area (Å²) < 4.78 is 2.75. The molecule has 0 aliphatic carbocycles. The number of hydrogen-bond donors (Lipinski definition) is 0. The lowest BCUT2D eigenvalue weighted by Crippen LogP contribution is -2.60. The van der Waals surface area contributed by atoms with Gasteiger partial charge in [-0.15, -0.1) is 11.3 Å². The van der Waals surface area contributed by atoms with Crippen LogP contribution in [-0.4, -0.2) is 6.71 Å². The van der Waals surface area contributed by atoms with Crippen LogP contribution in [0.15, 0.2) is 164 Å². The number of benzene rings is 9. The summed E-state index contributed by atoms with van der Waals surface area (Å²) in [6, 6.07) is 63.4. The van der Waals surface area contributed by atoms with Crippen molar-refractivity contribution in [1.82, 2.24) is 0 Å². The molecule has 0 spiro atoms. The maximum absolute atomic E-state index is 2.62. The summed E-state index contributed by atoms with van der Waals surface area (Å²) in [5.74, 6) is 0.452. The number of thiophene rings is 1. The standard InChI is InChI=1S/C63H57BN2S/c1-10-39-22-31-55-53(34-39)64-59-56(65(44-28-23-40(24-29-44)38(2)3)60-52-37-43(63(7,8)9)27-33-58(52)67-61(60)64)20-15-21-57(59)66(55)54-32-26-42(62(4,5)6)36-50(54)41-25-30-49-47-18-12-11-16-45(47)46-17-13-14-19-48(46)51(49)35-41/h11-38H,10H2,1-9H3. The van der Waals surface area contributed by atoms with E-state index in [2.05, 4.69) is 236 Å². The fourth-order valence-corrected chi connectivity index (χ4v) is 12.5. The second kappa shape index (κ2) is 15.2. The predicted molar refractivity (Wildman–Crippen MR) is 295 cm³/mol. The molecule has 67 heavy (non-hydrogen) atoms. The van der Waals surface area contributed by atoms with Gasteiger partial charge in [0.15, 0.2) is 0 Å². The van der Waals surface area contributed by atoms with Crippen molar-refractivity contribution in [3.05, 3.63) is 186 Å². The van der Waals surface area contributed by atoms with Crippen LogP contribution >= 0.6 is 11.3 Å². The molecule has 10 aromatic rings. The van der Waals surface area contributed by atoms with E-state index in [9.17, 15) is 0 Å². The van der Waals surface area contributed by atoms with Crippen LogP contribution < -0.4 is 25.5 Å². The van der Waals surface area contributed by atoms with Crippen molar-refractivity contribution in [3.8, 4) is 11.1 Å². The molecule has 9 aromatic carbocycles. The lowest BCUT2D eigenvalue weighted by atomic mass is 9.36.